The molecule has 0 amide bonds. The third-order valence-corrected chi connectivity index (χ3v) is 8.76. The van der Waals surface area contributed by atoms with E-state index >= 15 is 0 Å². The van der Waals surface area contributed by atoms with E-state index in [0.29, 0.717) is 0 Å². The number of carbonyl (C=O) groups excluding carboxylic acids is 1. The average molecular weight is 790 g/mol. The first kappa shape index (κ1) is 34.7. The predicted octanol–water partition coefficient (Wildman–Crippen LogP) is 10.8. The maximum atomic E-state index is 11.7. The molecule has 0 fully saturated rings. The normalized spacial score (nSPS) is 11.6. The molecular weight excluding hydrogens is 749 g/mol. The Morgan fingerprint density at radius 3 is 2.28 bits per heavy atom. The maximum Gasteiger partial charge on any atom is 0.162 e. The summed E-state index contributed by atoms with van der Waals surface area (Å²) in [7, 11) is 0. The van der Waals surface area contributed by atoms with E-state index in [9.17, 15) is 9.90 Å². The number of fused-ring (bicyclic) bond motifs is 4. The monoisotopic (exact) mass is 790 g/mol. The van der Waals surface area contributed by atoms with Gasteiger partial charge in [-0.25, -0.2) is 0 Å². The summed E-state index contributed by atoms with van der Waals surface area (Å²) in [4.78, 5) is 20.6. The van der Waals surface area contributed by atoms with Gasteiger partial charge in [0.1, 0.15) is 5.58 Å². The molecule has 6 aromatic rings. The van der Waals surface area contributed by atoms with E-state index in [2.05, 4.69) is 59.4 Å². The van der Waals surface area contributed by atoms with Crippen LogP contribution in [0.4, 0.5) is 0 Å². The van der Waals surface area contributed by atoms with Crippen molar-refractivity contribution in [2.75, 3.05) is 0 Å². The first-order valence-electron chi connectivity index (χ1n) is 16.0. The van der Waals surface area contributed by atoms with Crippen molar-refractivity contribution in [3.63, 3.8) is 0 Å². The number of furan rings is 1. The molecule has 0 saturated carbocycles. The summed E-state index contributed by atoms with van der Waals surface area (Å²) in [6, 6.07) is 25.9. The molecule has 46 heavy (non-hydrogen) atoms. The molecule has 0 unspecified atom stereocenters. The zero-order chi connectivity index (χ0) is 31.9. The van der Waals surface area contributed by atoms with Crippen LogP contribution in [0.25, 0.3) is 55.1 Å². The van der Waals surface area contributed by atoms with Crippen LogP contribution in [0.1, 0.15) is 58.9 Å². The quantitative estimate of drug-likeness (QED) is 0.0897. The Balaban J connectivity index is 0.000000259. The number of rotatable bonds is 9. The number of pyridine rings is 2. The summed E-state index contributed by atoms with van der Waals surface area (Å²) in [5.41, 5.74) is 6.86. The summed E-state index contributed by atoms with van der Waals surface area (Å²) < 4.78 is 6.54. The standard InChI is InChI=1S/C27H17N2O.C13H24O2.Ir/c1-17-11-12-18-13-15-28-16-23(18)25(17)22-9-5-7-20-19-6-4-8-21(26(19)30-27(20)22)24-10-2-3-14-29-24;1-5-10(6-2)12(14)9-13(15)11(7-3)8-4;/h2-7,9-16H,1H3;9-11,14H,5-8H2,1-4H3;/q-1;;/b;12-9-;. The minimum atomic E-state index is 0. The topological polar surface area (TPSA) is 76.2 Å². The Bertz CT molecular complexity index is 1950. The summed E-state index contributed by atoms with van der Waals surface area (Å²) in [6.07, 6.45) is 10.5. The third kappa shape index (κ3) is 7.14. The van der Waals surface area contributed by atoms with Crippen LogP contribution >= 0.6 is 0 Å². The van der Waals surface area contributed by atoms with E-state index in [1.165, 1.54) is 17.0 Å². The number of carbonyl (C=O) groups is 1. The van der Waals surface area contributed by atoms with Crippen LogP contribution in [0.3, 0.4) is 0 Å². The summed E-state index contributed by atoms with van der Waals surface area (Å²) in [5.74, 6) is 0.547. The Hall–Kier alpha value is -4.12. The molecule has 3 aromatic heterocycles. The molecule has 1 N–H and O–H groups in total. The predicted molar refractivity (Wildman–Crippen MR) is 185 cm³/mol. The number of ketones is 1. The molecule has 0 saturated heterocycles. The zero-order valence-corrected chi connectivity index (χ0v) is 29.5. The van der Waals surface area contributed by atoms with Crippen molar-refractivity contribution in [3.05, 3.63) is 109 Å². The van der Waals surface area contributed by atoms with Gasteiger partial charge < -0.3 is 14.5 Å². The summed E-state index contributed by atoms with van der Waals surface area (Å²) >= 11 is 0. The fraction of sp³-hybridized carbons (Fsp3) is 0.275. The van der Waals surface area contributed by atoms with E-state index in [0.717, 1.165) is 75.4 Å². The van der Waals surface area contributed by atoms with Gasteiger partial charge in [-0.2, -0.15) is 0 Å². The first-order valence-corrected chi connectivity index (χ1v) is 16.0. The molecule has 5 nitrogen and oxygen atoms in total. The van der Waals surface area contributed by atoms with Gasteiger partial charge in [-0.15, -0.1) is 18.2 Å². The average Bonchev–Trinajstić information content (AvgIpc) is 3.46. The maximum absolute atomic E-state index is 11.7. The van der Waals surface area contributed by atoms with Gasteiger partial charge in [0.05, 0.1) is 11.3 Å². The second-order valence-corrected chi connectivity index (χ2v) is 11.4. The van der Waals surface area contributed by atoms with Gasteiger partial charge in [0, 0.05) is 72.9 Å². The number of aliphatic hydroxyl groups excluding tert-OH is 1. The van der Waals surface area contributed by atoms with E-state index < -0.39 is 0 Å². The molecular formula is C40H41IrN2O3-. The van der Waals surface area contributed by atoms with Crippen LogP contribution in [-0.4, -0.2) is 20.9 Å². The number of aromatic nitrogens is 2. The molecule has 239 valence electrons. The summed E-state index contributed by atoms with van der Waals surface area (Å²) in [5, 5.41) is 14.2. The molecule has 3 heterocycles. The van der Waals surface area contributed by atoms with Gasteiger partial charge >= 0.3 is 0 Å². The fourth-order valence-electron chi connectivity index (χ4n) is 6.07. The van der Waals surface area contributed by atoms with Gasteiger partial charge in [-0.3, -0.25) is 9.78 Å². The largest absolute Gasteiger partial charge is 0.512 e. The minimum Gasteiger partial charge on any atom is -0.512 e. The number of allylic oxidation sites excluding steroid dienone is 2. The molecule has 3 aromatic carbocycles. The van der Waals surface area contributed by atoms with E-state index in [4.69, 9.17) is 4.42 Å². The second-order valence-electron chi connectivity index (χ2n) is 11.4. The van der Waals surface area contributed by atoms with Crippen LogP contribution in [0.5, 0.6) is 0 Å². The van der Waals surface area contributed by atoms with Crippen molar-refractivity contribution in [2.24, 2.45) is 11.8 Å². The molecule has 6 heteroatoms. The van der Waals surface area contributed by atoms with Crippen molar-refractivity contribution in [2.45, 2.75) is 60.3 Å². The zero-order valence-electron chi connectivity index (χ0n) is 27.1. The van der Waals surface area contributed by atoms with Crippen molar-refractivity contribution in [1.29, 1.82) is 0 Å². The van der Waals surface area contributed by atoms with Crippen molar-refractivity contribution >= 4 is 38.5 Å². The van der Waals surface area contributed by atoms with Crippen LogP contribution in [0, 0.1) is 24.8 Å². The smallest absolute Gasteiger partial charge is 0.162 e. The number of benzene rings is 3. The van der Waals surface area contributed by atoms with E-state index in [1.54, 1.807) is 6.20 Å². The third-order valence-electron chi connectivity index (χ3n) is 8.76. The fourth-order valence-corrected chi connectivity index (χ4v) is 6.07. The van der Waals surface area contributed by atoms with Crippen LogP contribution in [0.15, 0.2) is 102 Å². The summed E-state index contributed by atoms with van der Waals surface area (Å²) in [6.45, 7) is 10.2. The molecule has 0 aliphatic carbocycles. The van der Waals surface area contributed by atoms with Gasteiger partial charge in [-0.1, -0.05) is 81.1 Å². The van der Waals surface area contributed by atoms with Crippen LogP contribution in [0.2, 0.25) is 0 Å². The number of aryl methyl sites for hydroxylation is 1. The Morgan fingerprint density at radius 1 is 0.848 bits per heavy atom. The molecule has 6 rings (SSSR count). The van der Waals surface area contributed by atoms with Crippen molar-refractivity contribution in [3.8, 4) is 22.4 Å². The first-order chi connectivity index (χ1) is 21.9. The second kappa shape index (κ2) is 15.9. The SMILES string of the molecule is CCC(CC)C(=O)/C=C(\O)C(CC)CC.Cc1ccc2ccncc2c1-c1cccc2c1oc1c(-c3ccccn3)[c-]ccc12.[Ir]. The minimum absolute atomic E-state index is 0. The van der Waals surface area contributed by atoms with Crippen LogP contribution < -0.4 is 0 Å². The molecule has 1 radical (unpaired) electrons. The Morgan fingerprint density at radius 2 is 1.59 bits per heavy atom. The molecule has 0 aliphatic heterocycles. The Labute approximate surface area is 285 Å². The molecule has 0 bridgehead atoms. The van der Waals surface area contributed by atoms with Gasteiger partial charge in [0.15, 0.2) is 5.78 Å². The molecule has 0 spiro atoms. The van der Waals surface area contributed by atoms with E-state index in [1.807, 2.05) is 70.4 Å². The van der Waals surface area contributed by atoms with E-state index in [-0.39, 0.29) is 43.5 Å². The number of nitrogens with zero attached hydrogens (tertiary/aromatic N) is 2. The number of para-hydroxylation sites is 1. The Kier molecular flexibility index (Phi) is 12.0. The number of hydrogen-bond acceptors (Lipinski definition) is 5. The van der Waals surface area contributed by atoms with Gasteiger partial charge in [0.25, 0.3) is 0 Å². The molecule has 0 aliphatic rings. The van der Waals surface area contributed by atoms with Gasteiger partial charge in [-0.05, 0) is 66.9 Å². The van der Waals surface area contributed by atoms with Crippen molar-refractivity contribution in [1.82, 2.24) is 9.97 Å². The van der Waals surface area contributed by atoms with Crippen LogP contribution in [-0.2, 0) is 24.9 Å². The van der Waals surface area contributed by atoms with Gasteiger partial charge in [0.2, 0.25) is 0 Å². The molecule has 0 atom stereocenters. The number of aliphatic hydroxyl groups is 1. The number of hydrogen-bond donors (Lipinski definition) is 1. The van der Waals surface area contributed by atoms with Crippen molar-refractivity contribution < 1.29 is 34.4 Å².